The number of carbonyl (C=O) groups excluding carboxylic acids is 4. The fourth-order valence-electron chi connectivity index (χ4n) is 6.04. The van der Waals surface area contributed by atoms with Crippen molar-refractivity contribution in [2.45, 2.75) is 83.3 Å². The van der Waals surface area contributed by atoms with Crippen molar-refractivity contribution in [1.29, 1.82) is 0 Å². The molecule has 2 aromatic rings. The summed E-state index contributed by atoms with van der Waals surface area (Å²) in [6.07, 6.45) is 0.650. The lowest BCUT2D eigenvalue weighted by Gasteiger charge is -2.38. The molecule has 10 nitrogen and oxygen atoms in total. The average molecular weight is 632 g/mol. The van der Waals surface area contributed by atoms with E-state index in [1.165, 1.54) is 11.8 Å². The van der Waals surface area contributed by atoms with Gasteiger partial charge in [-0.3, -0.25) is 24.0 Å². The number of amides is 3. The summed E-state index contributed by atoms with van der Waals surface area (Å²) in [4.78, 5) is 65.3. The second-order valence-corrected chi connectivity index (χ2v) is 12.6. The van der Waals surface area contributed by atoms with Crippen LogP contribution in [-0.4, -0.2) is 64.2 Å². The number of halogens is 3. The van der Waals surface area contributed by atoms with Gasteiger partial charge in [0.15, 0.2) is 23.2 Å². The summed E-state index contributed by atoms with van der Waals surface area (Å²) < 4.78 is 47.0. The van der Waals surface area contributed by atoms with E-state index < -0.39 is 89.7 Å². The van der Waals surface area contributed by atoms with Crippen LogP contribution in [0.15, 0.2) is 30.3 Å². The van der Waals surface area contributed by atoms with Crippen LogP contribution in [0, 0.1) is 30.3 Å². The maximum atomic E-state index is 14.3. The van der Waals surface area contributed by atoms with Gasteiger partial charge in [-0.1, -0.05) is 39.0 Å². The quantitative estimate of drug-likeness (QED) is 0.280. The van der Waals surface area contributed by atoms with Crippen LogP contribution < -0.4 is 15.4 Å². The Kier molecular flexibility index (Phi) is 9.89. The van der Waals surface area contributed by atoms with Gasteiger partial charge in [0.05, 0.1) is 6.42 Å². The second kappa shape index (κ2) is 13.3. The average Bonchev–Trinajstić information content (AvgIpc) is 3.22. The van der Waals surface area contributed by atoms with E-state index in [-0.39, 0.29) is 23.8 Å². The van der Waals surface area contributed by atoms with Crippen LogP contribution in [0.3, 0.4) is 0 Å². The Morgan fingerprint density at radius 1 is 1.02 bits per heavy atom. The molecule has 242 valence electrons. The Morgan fingerprint density at radius 2 is 1.64 bits per heavy atom. The molecule has 2 aliphatic heterocycles. The van der Waals surface area contributed by atoms with E-state index in [1.54, 1.807) is 12.1 Å². The van der Waals surface area contributed by atoms with Gasteiger partial charge in [0.2, 0.25) is 11.7 Å². The summed E-state index contributed by atoms with van der Waals surface area (Å²) in [6, 6.07) is 5.39. The fourth-order valence-corrected chi connectivity index (χ4v) is 6.04. The molecule has 0 aromatic heterocycles. The first-order valence-corrected chi connectivity index (χ1v) is 14.6. The molecule has 4 rings (SSSR count). The molecule has 0 aliphatic carbocycles. The molecule has 3 N–H and O–H groups in total. The van der Waals surface area contributed by atoms with Crippen molar-refractivity contribution in [2.24, 2.45) is 5.92 Å². The molecule has 0 radical (unpaired) electrons. The van der Waals surface area contributed by atoms with E-state index in [2.05, 4.69) is 10.6 Å². The normalized spacial score (nSPS) is 19.9. The first kappa shape index (κ1) is 33.5. The molecule has 2 bridgehead atoms. The zero-order valence-electron chi connectivity index (χ0n) is 25.4. The van der Waals surface area contributed by atoms with Crippen LogP contribution in [0.5, 0.6) is 5.75 Å². The van der Waals surface area contributed by atoms with E-state index >= 15 is 0 Å². The van der Waals surface area contributed by atoms with Gasteiger partial charge in [-0.2, -0.15) is 4.39 Å². The molecule has 3 amide bonds. The number of aryl methyl sites for hydroxylation is 1. The Hall–Kier alpha value is -4.42. The van der Waals surface area contributed by atoms with Gasteiger partial charge >= 0.3 is 17.8 Å². The van der Waals surface area contributed by atoms with E-state index in [1.807, 2.05) is 32.9 Å². The SMILES string of the molecule is Cc1cc(F)c(F)c(OCC(=O)[C@H](CC(=O)O)NC(=O)C2CC3CCC(C2)N3C(=O)C(=O)Nc2ccccc2C(C)(C)C)c1F. The molecule has 0 saturated carbocycles. The van der Waals surface area contributed by atoms with Crippen LogP contribution in [0.2, 0.25) is 0 Å². The smallest absolute Gasteiger partial charge is 0.313 e. The third kappa shape index (κ3) is 7.46. The molecular weight excluding hydrogens is 595 g/mol. The predicted molar refractivity (Wildman–Crippen MR) is 156 cm³/mol. The second-order valence-electron chi connectivity index (χ2n) is 12.6. The molecule has 2 aromatic carbocycles. The molecule has 2 saturated heterocycles. The third-order valence-electron chi connectivity index (χ3n) is 8.26. The number of anilines is 1. The molecule has 3 atom stereocenters. The summed E-state index contributed by atoms with van der Waals surface area (Å²) in [5.74, 6) is -10.6. The van der Waals surface area contributed by atoms with E-state index in [0.29, 0.717) is 24.6 Å². The van der Waals surface area contributed by atoms with Gasteiger partial charge in [-0.25, -0.2) is 8.78 Å². The maximum absolute atomic E-state index is 14.3. The van der Waals surface area contributed by atoms with Crippen molar-refractivity contribution in [3.05, 3.63) is 58.9 Å². The zero-order chi connectivity index (χ0) is 33.2. The standard InChI is InChI=1S/C32H36F3N3O7/c1-16-11-21(33)27(35)28(26(16)34)45-15-24(39)23(14-25(40)41)37-29(42)17-12-18-9-10-19(13-17)38(18)31(44)30(43)36-22-8-6-5-7-20(22)32(2,3)4/h5-8,11,17-19,23H,9-10,12-15H2,1-4H3,(H,36,43)(H,37,42)(H,40,41)/t17?,18?,19?,23-/m0/s1. The molecule has 2 heterocycles. The predicted octanol–water partition coefficient (Wildman–Crippen LogP) is 4.03. The van der Waals surface area contributed by atoms with Gasteiger partial charge in [0, 0.05) is 23.7 Å². The molecule has 2 unspecified atom stereocenters. The topological polar surface area (TPSA) is 142 Å². The summed E-state index contributed by atoms with van der Waals surface area (Å²) in [6.45, 7) is 6.11. The Bertz CT molecular complexity index is 1480. The lowest BCUT2D eigenvalue weighted by Crippen LogP contribution is -2.54. The minimum atomic E-state index is -1.64. The van der Waals surface area contributed by atoms with Crippen molar-refractivity contribution in [1.82, 2.24) is 10.2 Å². The number of aliphatic carboxylic acids is 1. The number of ketones is 1. The van der Waals surface area contributed by atoms with Crippen LogP contribution in [0.1, 0.15) is 64.0 Å². The number of carboxylic acids is 1. The minimum Gasteiger partial charge on any atom is -0.481 e. The Labute approximate surface area is 258 Å². The van der Waals surface area contributed by atoms with Gasteiger partial charge in [0.25, 0.3) is 0 Å². The van der Waals surface area contributed by atoms with Gasteiger partial charge in [0.1, 0.15) is 12.6 Å². The number of ether oxygens (including phenoxy) is 1. The number of carbonyl (C=O) groups is 5. The van der Waals surface area contributed by atoms with Crippen LogP contribution >= 0.6 is 0 Å². The Morgan fingerprint density at radius 3 is 2.24 bits per heavy atom. The largest absolute Gasteiger partial charge is 0.481 e. The molecule has 45 heavy (non-hydrogen) atoms. The highest BCUT2D eigenvalue weighted by atomic mass is 19.2. The van der Waals surface area contributed by atoms with Gasteiger partial charge in [-0.05, 0) is 61.3 Å². The molecule has 13 heteroatoms. The number of nitrogens with one attached hydrogen (secondary N) is 2. The number of rotatable bonds is 9. The minimum absolute atomic E-state index is 0.184. The monoisotopic (exact) mass is 631 g/mol. The van der Waals surface area contributed by atoms with Crippen molar-refractivity contribution >= 4 is 35.2 Å². The van der Waals surface area contributed by atoms with Gasteiger partial charge < -0.3 is 25.4 Å². The van der Waals surface area contributed by atoms with E-state index in [0.717, 1.165) is 5.56 Å². The van der Waals surface area contributed by atoms with Crippen LogP contribution in [-0.2, 0) is 29.4 Å². The number of hydrogen-bond acceptors (Lipinski definition) is 6. The highest BCUT2D eigenvalue weighted by Crippen LogP contribution is 2.39. The number of fused-ring (bicyclic) bond motifs is 2. The summed E-state index contributed by atoms with van der Waals surface area (Å²) in [5.41, 5.74) is 0.843. The highest BCUT2D eigenvalue weighted by molar-refractivity contribution is 6.39. The first-order chi connectivity index (χ1) is 21.1. The van der Waals surface area contributed by atoms with Crippen LogP contribution in [0.4, 0.5) is 18.9 Å². The lowest BCUT2D eigenvalue weighted by atomic mass is 9.86. The number of carboxylic acid groups (broad SMARTS) is 1. The highest BCUT2D eigenvalue weighted by Gasteiger charge is 2.47. The number of para-hydroxylation sites is 1. The Balaban J connectivity index is 1.40. The number of hydrogen-bond donors (Lipinski definition) is 3. The summed E-state index contributed by atoms with van der Waals surface area (Å²) in [7, 11) is 0. The van der Waals surface area contributed by atoms with Crippen molar-refractivity contribution in [3.8, 4) is 5.75 Å². The maximum Gasteiger partial charge on any atom is 0.313 e. The lowest BCUT2D eigenvalue weighted by molar-refractivity contribution is -0.148. The van der Waals surface area contributed by atoms with E-state index in [4.69, 9.17) is 4.74 Å². The van der Waals surface area contributed by atoms with Crippen molar-refractivity contribution in [2.75, 3.05) is 11.9 Å². The van der Waals surface area contributed by atoms with Crippen molar-refractivity contribution in [3.63, 3.8) is 0 Å². The number of Topliss-reactive ketones (excluding diaryl/α,β-unsaturated/α-hetero) is 1. The first-order valence-electron chi connectivity index (χ1n) is 14.6. The molecular formula is C32H36F3N3O7. The van der Waals surface area contributed by atoms with Crippen LogP contribution in [0.25, 0.3) is 0 Å². The summed E-state index contributed by atoms with van der Waals surface area (Å²) >= 11 is 0. The molecule has 2 aliphatic rings. The fraction of sp³-hybridized carbons (Fsp3) is 0.469. The number of nitrogens with zero attached hydrogens (tertiary/aromatic N) is 1. The van der Waals surface area contributed by atoms with Crippen molar-refractivity contribution < 1.29 is 47.0 Å². The zero-order valence-corrected chi connectivity index (χ0v) is 25.4. The molecule has 0 spiro atoms. The van der Waals surface area contributed by atoms with Gasteiger partial charge in [-0.15, -0.1) is 0 Å². The van der Waals surface area contributed by atoms with E-state index in [9.17, 15) is 42.3 Å². The third-order valence-corrected chi connectivity index (χ3v) is 8.26. The number of piperidine rings is 1. The number of benzene rings is 2. The molecule has 2 fully saturated rings. The summed E-state index contributed by atoms with van der Waals surface area (Å²) in [5, 5.41) is 14.4.